The first-order valence-electron chi connectivity index (χ1n) is 11.0. The summed E-state index contributed by atoms with van der Waals surface area (Å²) < 4.78 is 11.1. The highest BCUT2D eigenvalue weighted by Crippen LogP contribution is 2.24. The van der Waals surface area contributed by atoms with Gasteiger partial charge in [-0.2, -0.15) is 0 Å². The van der Waals surface area contributed by atoms with Crippen LogP contribution in [0.25, 0.3) is 0 Å². The maximum absolute atomic E-state index is 12.3. The van der Waals surface area contributed by atoms with Crippen LogP contribution in [0.2, 0.25) is 0 Å². The minimum atomic E-state index is -0.483. The normalized spacial score (nSPS) is 16.6. The molecule has 0 unspecified atom stereocenters. The van der Waals surface area contributed by atoms with E-state index in [2.05, 4.69) is 39.8 Å². The molecule has 0 spiro atoms. The van der Waals surface area contributed by atoms with E-state index in [1.165, 1.54) is 5.56 Å². The predicted octanol–water partition coefficient (Wildman–Crippen LogP) is 4.98. The fourth-order valence-electron chi connectivity index (χ4n) is 3.67. The van der Waals surface area contributed by atoms with Gasteiger partial charge in [0.1, 0.15) is 12.4 Å². The number of rotatable bonds is 6. The number of hydrogen-bond acceptors (Lipinski definition) is 4. The Balaban J connectivity index is 1.47. The van der Waals surface area contributed by atoms with E-state index in [9.17, 15) is 9.59 Å². The molecular weight excluding hydrogens is 390 g/mol. The van der Waals surface area contributed by atoms with Gasteiger partial charge < -0.3 is 14.4 Å². The zero-order chi connectivity index (χ0) is 22.4. The van der Waals surface area contributed by atoms with Gasteiger partial charge in [-0.25, -0.2) is 4.79 Å². The van der Waals surface area contributed by atoms with E-state index in [1.54, 1.807) is 17.0 Å². The number of ether oxygens (including phenoxy) is 2. The van der Waals surface area contributed by atoms with Gasteiger partial charge in [-0.15, -0.1) is 0 Å². The monoisotopic (exact) mass is 423 g/mol. The summed E-state index contributed by atoms with van der Waals surface area (Å²) in [5.41, 5.74) is 2.75. The molecule has 5 heteroatoms. The number of hydrogen-bond donors (Lipinski definition) is 0. The Morgan fingerprint density at radius 1 is 1.03 bits per heavy atom. The van der Waals surface area contributed by atoms with Crippen molar-refractivity contribution in [1.82, 2.24) is 4.90 Å². The SMILES string of the molecule is C[C@@H]1CCCN(C(=O)COC(=O)c2ccc(COc3ccc(C(C)(C)C)cc3)cc2)C1. The average molecular weight is 424 g/mol. The Bertz CT molecular complexity index is 881. The molecule has 0 aromatic heterocycles. The lowest BCUT2D eigenvalue weighted by Gasteiger charge is -2.30. The number of carbonyl (C=O) groups is 2. The summed E-state index contributed by atoms with van der Waals surface area (Å²) in [5.74, 6) is 0.702. The third-order valence-corrected chi connectivity index (χ3v) is 5.65. The zero-order valence-electron chi connectivity index (χ0n) is 19.0. The van der Waals surface area contributed by atoms with Crippen molar-refractivity contribution < 1.29 is 19.1 Å². The van der Waals surface area contributed by atoms with E-state index >= 15 is 0 Å². The summed E-state index contributed by atoms with van der Waals surface area (Å²) in [7, 11) is 0. The molecule has 166 valence electrons. The van der Waals surface area contributed by atoms with Gasteiger partial charge in [0.15, 0.2) is 6.61 Å². The second kappa shape index (κ2) is 9.99. The highest BCUT2D eigenvalue weighted by molar-refractivity contribution is 5.91. The van der Waals surface area contributed by atoms with Gasteiger partial charge in [-0.1, -0.05) is 52.0 Å². The highest BCUT2D eigenvalue weighted by Gasteiger charge is 2.22. The molecule has 1 aliphatic rings. The summed E-state index contributed by atoms with van der Waals surface area (Å²) in [5, 5.41) is 0. The number of amides is 1. The summed E-state index contributed by atoms with van der Waals surface area (Å²) in [6.45, 7) is 10.4. The van der Waals surface area contributed by atoms with E-state index in [1.807, 2.05) is 24.3 Å². The molecule has 1 saturated heterocycles. The maximum Gasteiger partial charge on any atom is 0.338 e. The van der Waals surface area contributed by atoms with Gasteiger partial charge in [0, 0.05) is 13.1 Å². The molecular formula is C26H33NO4. The molecule has 1 heterocycles. The van der Waals surface area contributed by atoms with Crippen LogP contribution in [0, 0.1) is 5.92 Å². The van der Waals surface area contributed by atoms with Crippen LogP contribution in [-0.2, 0) is 21.6 Å². The molecule has 1 aliphatic heterocycles. The first-order valence-corrected chi connectivity index (χ1v) is 11.0. The molecule has 1 amide bonds. The van der Waals surface area contributed by atoms with Gasteiger partial charge in [-0.05, 0) is 59.6 Å². The number of benzene rings is 2. The van der Waals surface area contributed by atoms with Crippen molar-refractivity contribution in [2.24, 2.45) is 5.92 Å². The Labute approximate surface area is 185 Å². The number of carbonyl (C=O) groups excluding carboxylic acids is 2. The maximum atomic E-state index is 12.3. The first-order chi connectivity index (χ1) is 14.7. The van der Waals surface area contributed by atoms with Gasteiger partial charge in [0.25, 0.3) is 5.91 Å². The molecule has 31 heavy (non-hydrogen) atoms. The van der Waals surface area contributed by atoms with Crippen molar-refractivity contribution in [1.29, 1.82) is 0 Å². The smallest absolute Gasteiger partial charge is 0.338 e. The van der Waals surface area contributed by atoms with Crippen LogP contribution >= 0.6 is 0 Å². The van der Waals surface area contributed by atoms with Gasteiger partial charge in [-0.3, -0.25) is 4.79 Å². The molecule has 0 bridgehead atoms. The van der Waals surface area contributed by atoms with Crippen LogP contribution in [0.4, 0.5) is 0 Å². The van der Waals surface area contributed by atoms with Crippen LogP contribution in [0.5, 0.6) is 5.75 Å². The molecule has 1 atom stereocenters. The van der Waals surface area contributed by atoms with Crippen molar-refractivity contribution in [3.63, 3.8) is 0 Å². The highest BCUT2D eigenvalue weighted by atomic mass is 16.5. The standard InChI is InChI=1S/C26H33NO4/c1-19-6-5-15-27(16-19)24(28)18-31-25(29)21-9-7-20(8-10-21)17-30-23-13-11-22(12-14-23)26(2,3)4/h7-14,19H,5-6,15-18H2,1-4H3/t19-/m1/s1. The quantitative estimate of drug-likeness (QED) is 0.615. The van der Waals surface area contributed by atoms with Crippen molar-refractivity contribution in [3.05, 3.63) is 65.2 Å². The third-order valence-electron chi connectivity index (χ3n) is 5.65. The van der Waals surface area contributed by atoms with E-state index in [4.69, 9.17) is 9.47 Å². The fraction of sp³-hybridized carbons (Fsp3) is 0.462. The molecule has 2 aromatic carbocycles. The molecule has 0 aliphatic carbocycles. The minimum Gasteiger partial charge on any atom is -0.489 e. The Kier molecular flexibility index (Phi) is 7.37. The van der Waals surface area contributed by atoms with Crippen LogP contribution in [0.15, 0.2) is 48.5 Å². The second-order valence-corrected chi connectivity index (χ2v) is 9.42. The van der Waals surface area contributed by atoms with Crippen LogP contribution < -0.4 is 4.74 Å². The van der Waals surface area contributed by atoms with Gasteiger partial charge in [0.2, 0.25) is 0 Å². The zero-order valence-corrected chi connectivity index (χ0v) is 19.0. The van der Waals surface area contributed by atoms with E-state index < -0.39 is 5.97 Å². The average Bonchev–Trinajstić information content (AvgIpc) is 2.76. The van der Waals surface area contributed by atoms with E-state index in [0.29, 0.717) is 18.1 Å². The Morgan fingerprint density at radius 3 is 2.32 bits per heavy atom. The lowest BCUT2D eigenvalue weighted by Crippen LogP contribution is -2.41. The number of likely N-dealkylation sites (tertiary alicyclic amines) is 1. The van der Waals surface area contributed by atoms with Crippen LogP contribution in [-0.4, -0.2) is 36.5 Å². The van der Waals surface area contributed by atoms with Crippen molar-refractivity contribution in [3.8, 4) is 5.75 Å². The molecule has 0 radical (unpaired) electrons. The Hall–Kier alpha value is -2.82. The molecule has 1 fully saturated rings. The third kappa shape index (κ3) is 6.58. The molecule has 3 rings (SSSR count). The largest absolute Gasteiger partial charge is 0.489 e. The minimum absolute atomic E-state index is 0.111. The van der Waals surface area contributed by atoms with Crippen molar-refractivity contribution >= 4 is 11.9 Å². The molecule has 0 N–H and O–H groups in total. The van der Waals surface area contributed by atoms with Crippen LogP contribution in [0.1, 0.15) is 62.0 Å². The summed E-state index contributed by atoms with van der Waals surface area (Å²) >= 11 is 0. The topological polar surface area (TPSA) is 55.8 Å². The summed E-state index contributed by atoms with van der Waals surface area (Å²) in [6, 6.07) is 15.2. The summed E-state index contributed by atoms with van der Waals surface area (Å²) in [4.78, 5) is 26.3. The molecule has 5 nitrogen and oxygen atoms in total. The summed E-state index contributed by atoms with van der Waals surface area (Å²) in [6.07, 6.45) is 2.15. The number of piperidine rings is 1. The predicted molar refractivity (Wildman–Crippen MR) is 121 cm³/mol. The number of esters is 1. The second-order valence-electron chi connectivity index (χ2n) is 9.42. The van der Waals surface area contributed by atoms with Crippen molar-refractivity contribution in [2.75, 3.05) is 19.7 Å². The number of nitrogens with zero attached hydrogens (tertiary/aromatic N) is 1. The van der Waals surface area contributed by atoms with E-state index in [0.717, 1.165) is 37.2 Å². The van der Waals surface area contributed by atoms with Crippen molar-refractivity contribution in [2.45, 2.75) is 52.6 Å². The van der Waals surface area contributed by atoms with E-state index in [-0.39, 0.29) is 17.9 Å². The molecule has 2 aromatic rings. The van der Waals surface area contributed by atoms with Crippen LogP contribution in [0.3, 0.4) is 0 Å². The van der Waals surface area contributed by atoms with Gasteiger partial charge in [0.05, 0.1) is 5.56 Å². The van der Waals surface area contributed by atoms with Gasteiger partial charge >= 0.3 is 5.97 Å². The first kappa shape index (κ1) is 22.9. The molecule has 0 saturated carbocycles. The lowest BCUT2D eigenvalue weighted by atomic mass is 9.87. The Morgan fingerprint density at radius 2 is 1.71 bits per heavy atom. The lowest BCUT2D eigenvalue weighted by molar-refractivity contribution is -0.136. The fourth-order valence-corrected chi connectivity index (χ4v) is 3.67.